The molecule has 118 valence electrons. The van der Waals surface area contributed by atoms with E-state index < -0.39 is 11.9 Å². The Labute approximate surface area is 140 Å². The predicted octanol–water partition coefficient (Wildman–Crippen LogP) is 5.86. The summed E-state index contributed by atoms with van der Waals surface area (Å²) in [4.78, 5) is 0. The van der Waals surface area contributed by atoms with Gasteiger partial charge in [0.2, 0.25) is 0 Å². The second-order valence-corrected chi connectivity index (χ2v) is 5.63. The summed E-state index contributed by atoms with van der Waals surface area (Å²) in [5, 5.41) is 4.35. The second-order valence-electron chi connectivity index (χ2n) is 4.78. The highest BCUT2D eigenvalue weighted by molar-refractivity contribution is 6.35. The van der Waals surface area contributed by atoms with Crippen LogP contribution in [0.25, 0.3) is 16.9 Å². The molecule has 0 spiro atoms. The normalized spacial score (nSPS) is 11.7. The van der Waals surface area contributed by atoms with Crippen LogP contribution in [0.5, 0.6) is 0 Å². The van der Waals surface area contributed by atoms with Crippen molar-refractivity contribution >= 4 is 23.2 Å². The molecule has 0 aliphatic heterocycles. The number of halogens is 5. The minimum atomic E-state index is -4.56. The molecule has 0 amide bonds. The van der Waals surface area contributed by atoms with E-state index in [4.69, 9.17) is 23.2 Å². The third kappa shape index (κ3) is 3.21. The molecule has 7 heteroatoms. The Balaban J connectivity index is 2.27. The van der Waals surface area contributed by atoms with Gasteiger partial charge in [-0.1, -0.05) is 41.4 Å². The summed E-state index contributed by atoms with van der Waals surface area (Å²) < 4.78 is 40.4. The summed E-state index contributed by atoms with van der Waals surface area (Å²) in [7, 11) is 0. The van der Waals surface area contributed by atoms with Gasteiger partial charge in [-0.2, -0.15) is 18.3 Å². The van der Waals surface area contributed by atoms with E-state index in [1.807, 2.05) is 0 Å². The van der Waals surface area contributed by atoms with E-state index in [2.05, 4.69) is 5.10 Å². The predicted molar refractivity (Wildman–Crippen MR) is 84.0 cm³/mol. The van der Waals surface area contributed by atoms with Crippen LogP contribution in [-0.4, -0.2) is 9.78 Å². The molecule has 3 rings (SSSR count). The van der Waals surface area contributed by atoms with E-state index in [1.165, 1.54) is 16.8 Å². The van der Waals surface area contributed by atoms with E-state index in [9.17, 15) is 13.2 Å². The molecule has 0 aliphatic rings. The van der Waals surface area contributed by atoms with Gasteiger partial charge >= 0.3 is 6.18 Å². The molecule has 0 aliphatic carbocycles. The molecule has 0 saturated carbocycles. The van der Waals surface area contributed by atoms with Gasteiger partial charge in [-0.15, -0.1) is 0 Å². The standard InChI is InChI=1S/C16H9Cl2F3N2/c17-10-6-7-13(18)12(8-10)14-9-15(16(19,20)21)22-23(14)11-4-2-1-3-5-11/h1-9H. The first-order valence-corrected chi connectivity index (χ1v) is 7.30. The lowest BCUT2D eigenvalue weighted by atomic mass is 10.1. The highest BCUT2D eigenvalue weighted by Crippen LogP contribution is 2.36. The zero-order valence-corrected chi connectivity index (χ0v) is 13.0. The van der Waals surface area contributed by atoms with Crippen molar-refractivity contribution in [3.05, 3.63) is 70.3 Å². The topological polar surface area (TPSA) is 17.8 Å². The van der Waals surface area contributed by atoms with Crippen molar-refractivity contribution in [1.82, 2.24) is 9.78 Å². The van der Waals surface area contributed by atoms with Gasteiger partial charge < -0.3 is 0 Å². The molecule has 23 heavy (non-hydrogen) atoms. The fraction of sp³-hybridized carbons (Fsp3) is 0.0625. The number of alkyl halides is 3. The van der Waals surface area contributed by atoms with Crippen LogP contribution in [0, 0.1) is 0 Å². The van der Waals surface area contributed by atoms with E-state index in [-0.39, 0.29) is 5.69 Å². The Morgan fingerprint density at radius 1 is 0.913 bits per heavy atom. The number of benzene rings is 2. The van der Waals surface area contributed by atoms with Crippen LogP contribution >= 0.6 is 23.2 Å². The SMILES string of the molecule is FC(F)(F)c1cc(-c2cc(Cl)ccc2Cl)n(-c2ccccc2)n1. The molecule has 1 aromatic heterocycles. The van der Waals surface area contributed by atoms with E-state index in [0.717, 1.165) is 6.07 Å². The number of hydrogen-bond donors (Lipinski definition) is 0. The number of rotatable bonds is 2. The van der Waals surface area contributed by atoms with Gasteiger partial charge in [-0.25, -0.2) is 4.68 Å². The molecule has 0 radical (unpaired) electrons. The fourth-order valence-corrected chi connectivity index (χ4v) is 2.56. The van der Waals surface area contributed by atoms with Crippen LogP contribution in [0.15, 0.2) is 54.6 Å². The van der Waals surface area contributed by atoms with E-state index in [0.29, 0.717) is 21.3 Å². The molecule has 0 atom stereocenters. The molecule has 2 nitrogen and oxygen atoms in total. The van der Waals surface area contributed by atoms with E-state index in [1.54, 1.807) is 36.4 Å². The molecule has 0 N–H and O–H groups in total. The molecule has 1 heterocycles. The lowest BCUT2D eigenvalue weighted by Gasteiger charge is -2.09. The van der Waals surface area contributed by atoms with Gasteiger partial charge in [-0.3, -0.25) is 0 Å². The monoisotopic (exact) mass is 356 g/mol. The first kappa shape index (κ1) is 15.9. The van der Waals surface area contributed by atoms with Crippen LogP contribution in [0.4, 0.5) is 13.2 Å². The summed E-state index contributed by atoms with van der Waals surface area (Å²) in [5.74, 6) is 0. The number of para-hydroxylation sites is 1. The van der Waals surface area contributed by atoms with Gasteiger partial charge in [0, 0.05) is 10.6 Å². The Bertz CT molecular complexity index is 842. The smallest absolute Gasteiger partial charge is 0.232 e. The van der Waals surface area contributed by atoms with Gasteiger partial charge in [0.15, 0.2) is 5.69 Å². The maximum Gasteiger partial charge on any atom is 0.435 e. The highest BCUT2D eigenvalue weighted by Gasteiger charge is 2.35. The lowest BCUT2D eigenvalue weighted by Crippen LogP contribution is -2.07. The largest absolute Gasteiger partial charge is 0.435 e. The summed E-state index contributed by atoms with van der Waals surface area (Å²) >= 11 is 12.1. The average molecular weight is 357 g/mol. The maximum absolute atomic E-state index is 13.1. The van der Waals surface area contributed by atoms with E-state index >= 15 is 0 Å². The fourth-order valence-electron chi connectivity index (χ4n) is 2.17. The van der Waals surface area contributed by atoms with Crippen molar-refractivity contribution in [2.45, 2.75) is 6.18 Å². The van der Waals surface area contributed by atoms with Crippen LogP contribution in [0.2, 0.25) is 10.0 Å². The first-order valence-electron chi connectivity index (χ1n) is 6.54. The van der Waals surface area contributed by atoms with Crippen LogP contribution < -0.4 is 0 Å². The second kappa shape index (κ2) is 5.91. The minimum absolute atomic E-state index is 0.219. The van der Waals surface area contributed by atoms with Crippen molar-refractivity contribution in [3.63, 3.8) is 0 Å². The molecule has 0 unspecified atom stereocenters. The lowest BCUT2D eigenvalue weighted by molar-refractivity contribution is -0.141. The third-order valence-electron chi connectivity index (χ3n) is 3.20. The van der Waals surface area contributed by atoms with Crippen molar-refractivity contribution in [2.24, 2.45) is 0 Å². The zero-order chi connectivity index (χ0) is 16.6. The van der Waals surface area contributed by atoms with Crippen molar-refractivity contribution in [1.29, 1.82) is 0 Å². The Hall–Kier alpha value is -1.98. The maximum atomic E-state index is 13.1. The quantitative estimate of drug-likeness (QED) is 0.561. The summed E-state index contributed by atoms with van der Waals surface area (Å²) in [6.07, 6.45) is -4.56. The van der Waals surface area contributed by atoms with Crippen molar-refractivity contribution in [3.8, 4) is 16.9 Å². The molecule has 0 saturated heterocycles. The third-order valence-corrected chi connectivity index (χ3v) is 3.77. The highest BCUT2D eigenvalue weighted by atomic mass is 35.5. The number of aromatic nitrogens is 2. The first-order chi connectivity index (χ1) is 10.9. The van der Waals surface area contributed by atoms with Gasteiger partial charge in [0.05, 0.1) is 16.4 Å². The van der Waals surface area contributed by atoms with Crippen molar-refractivity contribution < 1.29 is 13.2 Å². The molecular weight excluding hydrogens is 348 g/mol. The zero-order valence-electron chi connectivity index (χ0n) is 11.5. The minimum Gasteiger partial charge on any atom is -0.232 e. The molecular formula is C16H9Cl2F3N2. The Morgan fingerprint density at radius 2 is 1.61 bits per heavy atom. The van der Waals surface area contributed by atoms with Crippen LogP contribution in [0.1, 0.15) is 5.69 Å². The van der Waals surface area contributed by atoms with Gasteiger partial charge in [0.25, 0.3) is 0 Å². The Morgan fingerprint density at radius 3 is 2.26 bits per heavy atom. The van der Waals surface area contributed by atoms with Crippen molar-refractivity contribution in [2.75, 3.05) is 0 Å². The number of hydrogen-bond acceptors (Lipinski definition) is 1. The molecule has 0 bridgehead atoms. The summed E-state index contributed by atoms with van der Waals surface area (Å²) in [6, 6.07) is 14.1. The van der Waals surface area contributed by atoms with Gasteiger partial charge in [-0.05, 0) is 36.4 Å². The summed E-state index contributed by atoms with van der Waals surface area (Å²) in [5.41, 5.74) is 0.100. The molecule has 3 aromatic rings. The molecule has 0 fully saturated rings. The van der Waals surface area contributed by atoms with Crippen LogP contribution in [-0.2, 0) is 6.18 Å². The summed E-state index contributed by atoms with van der Waals surface area (Å²) in [6.45, 7) is 0. The number of nitrogens with zero attached hydrogens (tertiary/aromatic N) is 2. The Kier molecular flexibility index (Phi) is 4.08. The van der Waals surface area contributed by atoms with Gasteiger partial charge in [0.1, 0.15) is 0 Å². The average Bonchev–Trinajstić information content (AvgIpc) is 2.96. The van der Waals surface area contributed by atoms with Crippen LogP contribution in [0.3, 0.4) is 0 Å². The molecule has 2 aromatic carbocycles.